The maximum atomic E-state index is 14.6. The van der Waals surface area contributed by atoms with E-state index < -0.39 is 51.0 Å². The van der Waals surface area contributed by atoms with E-state index in [0.29, 0.717) is 18.4 Å². The predicted octanol–water partition coefficient (Wildman–Crippen LogP) is 3.75. The summed E-state index contributed by atoms with van der Waals surface area (Å²) in [5.41, 5.74) is -0.887. The van der Waals surface area contributed by atoms with E-state index in [4.69, 9.17) is 4.74 Å². The van der Waals surface area contributed by atoms with Crippen LogP contribution in [0.2, 0.25) is 0 Å². The van der Waals surface area contributed by atoms with Crippen LogP contribution in [0.4, 0.5) is 13.6 Å². The smallest absolute Gasteiger partial charge is 0.410 e. The zero-order valence-electron chi connectivity index (χ0n) is 16.5. The second-order valence-corrected chi connectivity index (χ2v) is 11.3. The van der Waals surface area contributed by atoms with Crippen molar-refractivity contribution in [2.75, 3.05) is 12.6 Å². The van der Waals surface area contributed by atoms with Crippen LogP contribution in [0.3, 0.4) is 0 Å². The van der Waals surface area contributed by atoms with Crippen LogP contribution in [-0.2, 0) is 21.2 Å². The zero-order chi connectivity index (χ0) is 21.6. The third kappa shape index (κ3) is 4.91. The minimum absolute atomic E-state index is 0.0751. The average Bonchev–Trinajstić information content (AvgIpc) is 3.33. The van der Waals surface area contributed by atoms with Crippen LogP contribution < -0.4 is 4.72 Å². The first-order valence-corrected chi connectivity index (χ1v) is 11.8. The second-order valence-electron chi connectivity index (χ2n) is 8.77. The number of ether oxygens (including phenoxy) is 1. The highest BCUT2D eigenvalue weighted by Crippen LogP contribution is 2.55. The first kappa shape index (κ1) is 22.4. The third-order valence-electron chi connectivity index (χ3n) is 5.36. The van der Waals surface area contributed by atoms with Gasteiger partial charge in [-0.25, -0.2) is 26.7 Å². The van der Waals surface area contributed by atoms with Gasteiger partial charge in [0.15, 0.2) is 0 Å². The molecule has 1 N–H and O–H groups in total. The number of carbonyl (C=O) groups is 1. The van der Waals surface area contributed by atoms with Gasteiger partial charge in [0, 0.05) is 12.0 Å². The highest BCUT2D eigenvalue weighted by Gasteiger charge is 2.62. The Labute approximate surface area is 178 Å². The Morgan fingerprint density at radius 3 is 2.59 bits per heavy atom. The summed E-state index contributed by atoms with van der Waals surface area (Å²) in [7, 11) is -4.16. The molecule has 162 valence electrons. The number of hydrogen-bond donors (Lipinski definition) is 1. The second kappa shape index (κ2) is 7.77. The molecule has 1 saturated carbocycles. The number of likely N-dealkylation sites (tertiary alicyclic amines) is 1. The standard InChI is InChI=1S/C19H25BrF2N2O4S/c1-18(2,3)28-17(25)24-10-19(7-8-19)16(23-29(26,27)11-21)14(24)9-12-5-4-6-13(20)15(12)22/h4-6,14,16,23H,7-11H2,1-3H3/t14-,16+/m0/s1. The third-order valence-corrected chi connectivity index (χ3v) is 6.87. The van der Waals surface area contributed by atoms with Gasteiger partial charge in [0.05, 0.1) is 16.6 Å². The summed E-state index contributed by atoms with van der Waals surface area (Å²) in [6.07, 6.45) is 0.879. The van der Waals surface area contributed by atoms with Crippen molar-refractivity contribution in [1.29, 1.82) is 0 Å². The first-order valence-electron chi connectivity index (χ1n) is 9.36. The van der Waals surface area contributed by atoms with E-state index in [1.807, 2.05) is 0 Å². The van der Waals surface area contributed by atoms with Crippen molar-refractivity contribution in [3.63, 3.8) is 0 Å². The molecule has 2 atom stereocenters. The van der Waals surface area contributed by atoms with Crippen molar-refractivity contribution in [2.45, 2.75) is 57.7 Å². The first-order chi connectivity index (χ1) is 13.4. The summed E-state index contributed by atoms with van der Waals surface area (Å²) in [4.78, 5) is 14.3. The molecule has 2 fully saturated rings. The molecule has 6 nitrogen and oxygen atoms in total. The largest absolute Gasteiger partial charge is 0.444 e. The van der Waals surface area contributed by atoms with Gasteiger partial charge in [0.25, 0.3) is 0 Å². The van der Waals surface area contributed by atoms with Gasteiger partial charge in [0.1, 0.15) is 11.4 Å². The normalized spacial score (nSPS) is 23.4. The molecular formula is C19H25BrF2N2O4S. The Morgan fingerprint density at radius 1 is 1.38 bits per heavy atom. The number of carbonyl (C=O) groups excluding carboxylic acids is 1. The minimum Gasteiger partial charge on any atom is -0.444 e. The summed E-state index contributed by atoms with van der Waals surface area (Å²) in [6, 6.07) is 1.86. The lowest BCUT2D eigenvalue weighted by atomic mass is 9.92. The molecule has 1 aliphatic carbocycles. The molecule has 1 aromatic carbocycles. The average molecular weight is 495 g/mol. The van der Waals surface area contributed by atoms with Gasteiger partial charge < -0.3 is 9.64 Å². The van der Waals surface area contributed by atoms with Crippen LogP contribution in [0, 0.1) is 11.2 Å². The molecule has 1 spiro atoms. The maximum absolute atomic E-state index is 14.6. The van der Waals surface area contributed by atoms with Crippen LogP contribution >= 0.6 is 15.9 Å². The minimum atomic E-state index is -4.16. The van der Waals surface area contributed by atoms with Crippen LogP contribution in [0.1, 0.15) is 39.2 Å². The molecule has 29 heavy (non-hydrogen) atoms. The predicted molar refractivity (Wildman–Crippen MR) is 108 cm³/mol. The van der Waals surface area contributed by atoms with Gasteiger partial charge in [-0.05, 0) is 67.6 Å². The summed E-state index contributed by atoms with van der Waals surface area (Å²) in [6.45, 7) is 5.49. The lowest BCUT2D eigenvalue weighted by molar-refractivity contribution is 0.0213. The van der Waals surface area contributed by atoms with E-state index in [9.17, 15) is 22.0 Å². The van der Waals surface area contributed by atoms with Gasteiger partial charge >= 0.3 is 6.09 Å². The summed E-state index contributed by atoms with van der Waals surface area (Å²) in [5.74, 6) is -0.472. The number of amides is 1. The molecule has 10 heteroatoms. The molecule has 1 saturated heterocycles. The number of nitrogens with zero attached hydrogens (tertiary/aromatic N) is 1. The van der Waals surface area contributed by atoms with E-state index in [1.165, 1.54) is 4.90 Å². The summed E-state index contributed by atoms with van der Waals surface area (Å²) in [5, 5.41) is 0. The Hall–Kier alpha value is -1.26. The maximum Gasteiger partial charge on any atom is 0.410 e. The van der Waals surface area contributed by atoms with Crippen molar-refractivity contribution >= 4 is 32.0 Å². The Balaban J connectivity index is 1.97. The van der Waals surface area contributed by atoms with Crippen LogP contribution in [0.15, 0.2) is 22.7 Å². The topological polar surface area (TPSA) is 75.7 Å². The SMILES string of the molecule is CC(C)(C)OC(=O)N1CC2(CC2)[C@H](NS(=O)(=O)CF)[C@@H]1Cc1cccc(Br)c1F. The fourth-order valence-corrected chi connectivity index (χ4v) is 5.15. The number of benzene rings is 1. The van der Waals surface area contributed by atoms with E-state index in [2.05, 4.69) is 20.7 Å². The number of rotatable bonds is 5. The molecule has 3 rings (SSSR count). The van der Waals surface area contributed by atoms with Gasteiger partial charge in [-0.3, -0.25) is 0 Å². The van der Waals surface area contributed by atoms with E-state index in [0.717, 1.165) is 0 Å². The molecule has 1 heterocycles. The van der Waals surface area contributed by atoms with E-state index in [1.54, 1.807) is 39.0 Å². The Bertz CT molecular complexity index is 900. The van der Waals surface area contributed by atoms with Crippen LogP contribution in [0.5, 0.6) is 0 Å². The monoisotopic (exact) mass is 494 g/mol. The molecule has 0 aromatic heterocycles. The fourth-order valence-electron chi connectivity index (χ4n) is 3.88. The number of nitrogens with one attached hydrogen (secondary N) is 1. The van der Waals surface area contributed by atoms with Crippen LogP contribution in [-0.4, -0.2) is 49.6 Å². The molecule has 2 aliphatic rings. The summed E-state index contributed by atoms with van der Waals surface area (Å²) < 4.78 is 59.8. The van der Waals surface area contributed by atoms with Crippen molar-refractivity contribution in [2.24, 2.45) is 5.41 Å². The number of sulfonamides is 1. The summed E-state index contributed by atoms with van der Waals surface area (Å²) >= 11 is 3.15. The quantitative estimate of drug-likeness (QED) is 0.676. The van der Waals surface area contributed by atoms with Crippen LogP contribution in [0.25, 0.3) is 0 Å². The highest BCUT2D eigenvalue weighted by molar-refractivity contribution is 9.10. The lowest BCUT2D eigenvalue weighted by Gasteiger charge is -2.31. The fraction of sp³-hybridized carbons (Fsp3) is 0.632. The van der Waals surface area contributed by atoms with Gasteiger partial charge in [-0.15, -0.1) is 0 Å². The van der Waals surface area contributed by atoms with Crippen molar-refractivity contribution < 1.29 is 26.7 Å². The van der Waals surface area contributed by atoms with Crippen molar-refractivity contribution in [3.8, 4) is 0 Å². The lowest BCUT2D eigenvalue weighted by Crippen LogP contribution is -2.50. The van der Waals surface area contributed by atoms with Crippen molar-refractivity contribution in [1.82, 2.24) is 9.62 Å². The molecule has 0 unspecified atom stereocenters. The number of alkyl halides is 1. The molecule has 1 amide bonds. The molecule has 0 radical (unpaired) electrons. The molecule has 0 bridgehead atoms. The number of hydrogen-bond acceptors (Lipinski definition) is 4. The highest BCUT2D eigenvalue weighted by atomic mass is 79.9. The van der Waals surface area contributed by atoms with Crippen molar-refractivity contribution in [3.05, 3.63) is 34.1 Å². The Morgan fingerprint density at radius 2 is 2.03 bits per heavy atom. The molecule has 1 aromatic rings. The molecule has 1 aliphatic heterocycles. The zero-order valence-corrected chi connectivity index (χ0v) is 18.9. The van der Waals surface area contributed by atoms with Gasteiger partial charge in [-0.2, -0.15) is 0 Å². The van der Waals surface area contributed by atoms with E-state index in [-0.39, 0.29) is 17.4 Å². The van der Waals surface area contributed by atoms with E-state index >= 15 is 0 Å². The van der Waals surface area contributed by atoms with Gasteiger partial charge in [-0.1, -0.05) is 12.1 Å². The number of halogens is 3. The Kier molecular flexibility index (Phi) is 6.01. The van der Waals surface area contributed by atoms with Gasteiger partial charge in [0.2, 0.25) is 16.0 Å². The molecular weight excluding hydrogens is 470 g/mol.